The first-order valence-electron chi connectivity index (χ1n) is 13.1. The number of aromatic nitrogens is 1. The SMILES string of the molecule is N#Cc1c(NC(=O)COC(=O)c2c3c(nc4ccccc24)CCCCCC3)sc2c1CCCCCC2. The maximum Gasteiger partial charge on any atom is 0.339 e. The summed E-state index contributed by atoms with van der Waals surface area (Å²) in [6.07, 6.45) is 12.4. The average Bonchev–Trinajstić information content (AvgIpc) is 3.16. The molecule has 1 amide bonds. The Balaban J connectivity index is 1.35. The second-order valence-electron chi connectivity index (χ2n) is 9.70. The number of pyridine rings is 1. The molecule has 2 aromatic heterocycles. The predicted octanol–water partition coefficient (Wildman–Crippen LogP) is 6.28. The second kappa shape index (κ2) is 11.2. The molecule has 0 spiro atoms. The van der Waals surface area contributed by atoms with E-state index in [-0.39, 0.29) is 0 Å². The summed E-state index contributed by atoms with van der Waals surface area (Å²) >= 11 is 1.49. The van der Waals surface area contributed by atoms with E-state index < -0.39 is 18.5 Å². The van der Waals surface area contributed by atoms with E-state index in [0.29, 0.717) is 16.1 Å². The number of esters is 1. The van der Waals surface area contributed by atoms with Crippen molar-refractivity contribution in [1.29, 1.82) is 5.26 Å². The smallest absolute Gasteiger partial charge is 0.339 e. The maximum absolute atomic E-state index is 13.4. The molecule has 0 fully saturated rings. The van der Waals surface area contributed by atoms with Crippen LogP contribution >= 0.6 is 11.3 Å². The zero-order valence-corrected chi connectivity index (χ0v) is 21.3. The predicted molar refractivity (Wildman–Crippen MR) is 141 cm³/mol. The van der Waals surface area contributed by atoms with Crippen LogP contribution in [-0.4, -0.2) is 23.5 Å². The third-order valence-corrected chi connectivity index (χ3v) is 8.45. The maximum atomic E-state index is 13.4. The Morgan fingerprint density at radius 1 is 0.944 bits per heavy atom. The summed E-state index contributed by atoms with van der Waals surface area (Å²) in [5, 5.41) is 14.0. The van der Waals surface area contributed by atoms with Crippen molar-refractivity contribution < 1.29 is 14.3 Å². The van der Waals surface area contributed by atoms with Crippen LogP contribution < -0.4 is 5.32 Å². The molecule has 0 bridgehead atoms. The fraction of sp³-hybridized carbons (Fsp3) is 0.448. The summed E-state index contributed by atoms with van der Waals surface area (Å²) in [4.78, 5) is 32.2. The summed E-state index contributed by atoms with van der Waals surface area (Å²) in [5.74, 6) is -0.908. The molecule has 0 aliphatic heterocycles. The first kappa shape index (κ1) is 24.5. The third-order valence-electron chi connectivity index (χ3n) is 7.24. The van der Waals surface area contributed by atoms with Crippen LogP contribution in [0.4, 0.5) is 5.00 Å². The molecule has 6 nitrogen and oxygen atoms in total. The Kier molecular flexibility index (Phi) is 7.62. The highest BCUT2D eigenvalue weighted by Gasteiger charge is 2.24. The van der Waals surface area contributed by atoms with Gasteiger partial charge in [-0.15, -0.1) is 11.3 Å². The molecule has 2 aliphatic carbocycles. The number of rotatable bonds is 4. The number of benzene rings is 1. The summed E-state index contributed by atoms with van der Waals surface area (Å²) in [6, 6.07) is 9.94. The standard InChI is InChI=1S/C29H31N3O3S/c30-17-22-19-11-5-2-4-8-16-25(19)36-28(22)32-26(33)18-35-29(34)27-20-12-6-1-3-7-14-23(20)31-24-15-10-9-13-21(24)27/h9-10,13,15H,1-8,11-12,14,16,18H2,(H,32,33). The van der Waals surface area contributed by atoms with Crippen LogP contribution in [0.1, 0.15) is 89.0 Å². The van der Waals surface area contributed by atoms with E-state index in [1.165, 1.54) is 35.5 Å². The van der Waals surface area contributed by atoms with Crippen molar-refractivity contribution in [3.63, 3.8) is 0 Å². The minimum absolute atomic E-state index is 0.391. The van der Waals surface area contributed by atoms with Crippen molar-refractivity contribution in [2.45, 2.75) is 77.0 Å². The number of carbonyl (C=O) groups is 2. The van der Waals surface area contributed by atoms with Crippen LogP contribution in [0.3, 0.4) is 0 Å². The van der Waals surface area contributed by atoms with Gasteiger partial charge in [-0.05, 0) is 68.6 Å². The van der Waals surface area contributed by atoms with Gasteiger partial charge in [-0.1, -0.05) is 43.9 Å². The fourth-order valence-electron chi connectivity index (χ4n) is 5.45. The van der Waals surface area contributed by atoms with E-state index in [0.717, 1.165) is 85.5 Å². The number of anilines is 1. The van der Waals surface area contributed by atoms with E-state index in [1.807, 2.05) is 24.3 Å². The van der Waals surface area contributed by atoms with Crippen molar-refractivity contribution in [1.82, 2.24) is 4.98 Å². The Bertz CT molecular complexity index is 1340. The number of aryl methyl sites for hydroxylation is 2. The quantitative estimate of drug-likeness (QED) is 0.425. The molecule has 3 aromatic rings. The summed E-state index contributed by atoms with van der Waals surface area (Å²) in [5.41, 5.74) is 4.91. The Morgan fingerprint density at radius 2 is 1.64 bits per heavy atom. The van der Waals surface area contributed by atoms with Crippen molar-refractivity contribution in [3.8, 4) is 6.07 Å². The number of nitrogens with one attached hydrogen (secondary N) is 1. The Labute approximate surface area is 215 Å². The van der Waals surface area contributed by atoms with Crippen LogP contribution in [0, 0.1) is 11.3 Å². The molecule has 186 valence electrons. The highest BCUT2D eigenvalue weighted by Crippen LogP contribution is 2.36. The Morgan fingerprint density at radius 3 is 2.42 bits per heavy atom. The molecule has 0 radical (unpaired) electrons. The van der Waals surface area contributed by atoms with Gasteiger partial charge in [0.2, 0.25) is 0 Å². The lowest BCUT2D eigenvalue weighted by Crippen LogP contribution is -2.22. The van der Waals surface area contributed by atoms with E-state index in [1.54, 1.807) is 0 Å². The zero-order valence-electron chi connectivity index (χ0n) is 20.5. The van der Waals surface area contributed by atoms with E-state index in [4.69, 9.17) is 9.72 Å². The van der Waals surface area contributed by atoms with E-state index in [2.05, 4.69) is 11.4 Å². The van der Waals surface area contributed by atoms with Gasteiger partial charge in [-0.25, -0.2) is 4.79 Å². The highest BCUT2D eigenvalue weighted by atomic mass is 32.1. The molecule has 0 saturated carbocycles. The molecule has 1 N–H and O–H groups in total. The van der Waals surface area contributed by atoms with Gasteiger partial charge >= 0.3 is 5.97 Å². The van der Waals surface area contributed by atoms with Gasteiger partial charge in [0.15, 0.2) is 6.61 Å². The number of para-hydroxylation sites is 1. The van der Waals surface area contributed by atoms with Gasteiger partial charge in [-0.2, -0.15) is 5.26 Å². The lowest BCUT2D eigenvalue weighted by molar-refractivity contribution is -0.119. The largest absolute Gasteiger partial charge is 0.452 e. The molecule has 0 unspecified atom stereocenters. The molecule has 0 atom stereocenters. The van der Waals surface area contributed by atoms with Crippen LogP contribution in [-0.2, 0) is 35.2 Å². The number of nitrogens with zero attached hydrogens (tertiary/aromatic N) is 2. The summed E-state index contributed by atoms with van der Waals surface area (Å²) in [7, 11) is 0. The van der Waals surface area contributed by atoms with E-state index >= 15 is 0 Å². The number of nitriles is 1. The van der Waals surface area contributed by atoms with Gasteiger partial charge in [0, 0.05) is 16.0 Å². The van der Waals surface area contributed by atoms with Gasteiger partial charge in [-0.3, -0.25) is 9.78 Å². The van der Waals surface area contributed by atoms with Crippen molar-refractivity contribution >= 4 is 39.1 Å². The van der Waals surface area contributed by atoms with Crippen molar-refractivity contribution in [3.05, 3.63) is 57.1 Å². The third kappa shape index (κ3) is 5.15. The molecular weight excluding hydrogens is 470 g/mol. The lowest BCUT2D eigenvalue weighted by Gasteiger charge is -2.18. The van der Waals surface area contributed by atoms with Crippen LogP contribution in [0.25, 0.3) is 10.9 Å². The van der Waals surface area contributed by atoms with E-state index in [9.17, 15) is 14.9 Å². The molecule has 2 heterocycles. The molecule has 2 aliphatic rings. The first-order valence-corrected chi connectivity index (χ1v) is 13.9. The number of hydrogen-bond acceptors (Lipinski definition) is 6. The number of amides is 1. The van der Waals surface area contributed by atoms with Crippen LogP contribution in [0.2, 0.25) is 0 Å². The Hall–Kier alpha value is -3.24. The topological polar surface area (TPSA) is 92.1 Å². The molecular formula is C29H31N3O3S. The van der Waals surface area contributed by atoms with Gasteiger partial charge in [0.1, 0.15) is 11.1 Å². The monoisotopic (exact) mass is 501 g/mol. The molecule has 5 rings (SSSR count). The lowest BCUT2D eigenvalue weighted by atomic mass is 9.91. The minimum Gasteiger partial charge on any atom is -0.452 e. The second-order valence-corrected chi connectivity index (χ2v) is 10.8. The van der Waals surface area contributed by atoms with Gasteiger partial charge in [0.25, 0.3) is 5.91 Å². The van der Waals surface area contributed by atoms with Gasteiger partial charge < -0.3 is 10.1 Å². The number of fused-ring (bicyclic) bond motifs is 3. The number of thiophene rings is 1. The fourth-order valence-corrected chi connectivity index (χ4v) is 6.71. The first-order chi connectivity index (χ1) is 17.7. The van der Waals surface area contributed by atoms with Crippen molar-refractivity contribution in [2.24, 2.45) is 0 Å². The zero-order chi connectivity index (χ0) is 24.9. The molecule has 0 saturated heterocycles. The minimum atomic E-state index is -0.487. The highest BCUT2D eigenvalue weighted by molar-refractivity contribution is 7.16. The molecule has 36 heavy (non-hydrogen) atoms. The normalized spacial score (nSPS) is 15.9. The summed E-state index contributed by atoms with van der Waals surface area (Å²) < 4.78 is 5.57. The van der Waals surface area contributed by atoms with Gasteiger partial charge in [0.05, 0.1) is 16.6 Å². The van der Waals surface area contributed by atoms with Crippen LogP contribution in [0.15, 0.2) is 24.3 Å². The summed E-state index contributed by atoms with van der Waals surface area (Å²) in [6.45, 7) is -0.391. The molecule has 7 heteroatoms. The average molecular weight is 502 g/mol. The number of hydrogen-bond donors (Lipinski definition) is 1. The number of carbonyl (C=O) groups excluding carboxylic acids is 2. The molecule has 1 aromatic carbocycles. The number of ether oxygens (including phenoxy) is 1. The van der Waals surface area contributed by atoms with Crippen molar-refractivity contribution in [2.75, 3.05) is 11.9 Å². The van der Waals surface area contributed by atoms with Crippen LogP contribution in [0.5, 0.6) is 0 Å².